The van der Waals surface area contributed by atoms with E-state index >= 15 is 0 Å². The van der Waals surface area contributed by atoms with Crippen molar-refractivity contribution in [3.05, 3.63) is 29.6 Å². The highest BCUT2D eigenvalue weighted by Crippen LogP contribution is 2.48. The van der Waals surface area contributed by atoms with Gasteiger partial charge in [0, 0.05) is 11.7 Å². The van der Waals surface area contributed by atoms with Crippen LogP contribution >= 0.6 is 0 Å². The van der Waals surface area contributed by atoms with Crippen LogP contribution in [0.15, 0.2) is 18.2 Å². The molecule has 2 heteroatoms. The second-order valence-electron chi connectivity index (χ2n) is 4.98. The molecule has 82 valence electrons. The van der Waals surface area contributed by atoms with E-state index in [1.165, 1.54) is 12.8 Å². The van der Waals surface area contributed by atoms with Crippen molar-refractivity contribution in [3.63, 3.8) is 0 Å². The maximum absolute atomic E-state index is 13.3. The first kappa shape index (κ1) is 10.5. The van der Waals surface area contributed by atoms with E-state index in [9.17, 15) is 4.39 Å². The molecule has 0 radical (unpaired) electrons. The highest BCUT2D eigenvalue weighted by atomic mass is 19.1. The Kier molecular flexibility index (Phi) is 2.45. The van der Waals surface area contributed by atoms with Crippen molar-refractivity contribution in [1.29, 1.82) is 0 Å². The Morgan fingerprint density at radius 1 is 1.40 bits per heavy atom. The number of hydrogen-bond acceptors (Lipinski definition) is 1. The predicted octanol–water partition coefficient (Wildman–Crippen LogP) is 3.73. The zero-order valence-electron chi connectivity index (χ0n) is 9.60. The largest absolute Gasteiger partial charge is 0.382 e. The Morgan fingerprint density at radius 2 is 2.07 bits per heavy atom. The average molecular weight is 207 g/mol. The molecule has 0 aliphatic heterocycles. The van der Waals surface area contributed by atoms with Gasteiger partial charge in [-0.25, -0.2) is 4.39 Å². The van der Waals surface area contributed by atoms with Gasteiger partial charge in [-0.1, -0.05) is 13.0 Å². The van der Waals surface area contributed by atoms with Crippen LogP contribution in [-0.2, 0) is 0 Å². The van der Waals surface area contributed by atoms with Crippen LogP contribution in [-0.4, -0.2) is 6.04 Å². The number of anilines is 1. The van der Waals surface area contributed by atoms with Gasteiger partial charge in [-0.05, 0) is 49.8 Å². The fourth-order valence-corrected chi connectivity index (χ4v) is 1.74. The Bertz CT molecular complexity index is 369. The Morgan fingerprint density at radius 3 is 2.60 bits per heavy atom. The first-order chi connectivity index (χ1) is 7.01. The van der Waals surface area contributed by atoms with Gasteiger partial charge < -0.3 is 5.32 Å². The fourth-order valence-electron chi connectivity index (χ4n) is 1.74. The second kappa shape index (κ2) is 3.51. The molecule has 1 aliphatic carbocycles. The molecule has 0 spiro atoms. The SMILES string of the molecule is Cc1ccc(NC(C)C2(C)CC2)cc1F. The number of hydrogen-bond donors (Lipinski definition) is 1. The molecule has 1 N–H and O–H groups in total. The molecule has 1 nitrogen and oxygen atoms in total. The Hall–Kier alpha value is -1.05. The molecule has 1 saturated carbocycles. The maximum Gasteiger partial charge on any atom is 0.128 e. The van der Waals surface area contributed by atoms with E-state index in [0.29, 0.717) is 17.0 Å². The molecule has 15 heavy (non-hydrogen) atoms. The summed E-state index contributed by atoms with van der Waals surface area (Å²) < 4.78 is 13.3. The van der Waals surface area contributed by atoms with E-state index in [4.69, 9.17) is 0 Å². The first-order valence-corrected chi connectivity index (χ1v) is 5.54. The molecule has 1 unspecified atom stereocenters. The molecule has 0 heterocycles. The van der Waals surface area contributed by atoms with Crippen LogP contribution < -0.4 is 5.32 Å². The van der Waals surface area contributed by atoms with Crippen molar-refractivity contribution in [2.45, 2.75) is 39.7 Å². The van der Waals surface area contributed by atoms with Gasteiger partial charge in [0.2, 0.25) is 0 Å². The zero-order chi connectivity index (χ0) is 11.1. The minimum absolute atomic E-state index is 0.131. The summed E-state index contributed by atoms with van der Waals surface area (Å²) in [6.07, 6.45) is 2.55. The maximum atomic E-state index is 13.3. The van der Waals surface area contributed by atoms with Crippen molar-refractivity contribution in [2.75, 3.05) is 5.32 Å². The minimum atomic E-state index is -0.131. The second-order valence-corrected chi connectivity index (χ2v) is 4.98. The summed E-state index contributed by atoms with van der Waals surface area (Å²) in [5.74, 6) is -0.131. The molecule has 0 aromatic heterocycles. The fraction of sp³-hybridized carbons (Fsp3) is 0.538. The highest BCUT2D eigenvalue weighted by Gasteiger charge is 2.42. The summed E-state index contributed by atoms with van der Waals surface area (Å²) in [4.78, 5) is 0. The Labute approximate surface area is 90.7 Å². The molecule has 0 bridgehead atoms. The van der Waals surface area contributed by atoms with Crippen molar-refractivity contribution in [1.82, 2.24) is 0 Å². The lowest BCUT2D eigenvalue weighted by Crippen LogP contribution is -2.24. The number of benzene rings is 1. The summed E-state index contributed by atoms with van der Waals surface area (Å²) in [6.45, 7) is 6.23. The lowest BCUT2D eigenvalue weighted by molar-refractivity contribution is 0.493. The predicted molar refractivity (Wildman–Crippen MR) is 61.6 cm³/mol. The van der Waals surface area contributed by atoms with Gasteiger partial charge in [0.1, 0.15) is 5.82 Å². The van der Waals surface area contributed by atoms with Crippen LogP contribution in [0.3, 0.4) is 0 Å². The van der Waals surface area contributed by atoms with Crippen LogP contribution in [0.1, 0.15) is 32.3 Å². The van der Waals surface area contributed by atoms with E-state index in [0.717, 1.165) is 5.69 Å². The van der Waals surface area contributed by atoms with Gasteiger partial charge in [-0.3, -0.25) is 0 Å². The van der Waals surface area contributed by atoms with Crippen molar-refractivity contribution < 1.29 is 4.39 Å². The molecule has 0 amide bonds. The summed E-state index contributed by atoms with van der Waals surface area (Å²) in [7, 11) is 0. The van der Waals surface area contributed by atoms with Crippen LogP contribution in [0.5, 0.6) is 0 Å². The molecule has 1 aliphatic rings. The lowest BCUT2D eigenvalue weighted by atomic mass is 10.0. The molecule has 1 aromatic carbocycles. The topological polar surface area (TPSA) is 12.0 Å². The smallest absolute Gasteiger partial charge is 0.128 e. The number of rotatable bonds is 3. The van der Waals surface area contributed by atoms with Gasteiger partial charge in [0.25, 0.3) is 0 Å². The third-order valence-corrected chi connectivity index (χ3v) is 3.64. The van der Waals surface area contributed by atoms with Crippen LogP contribution in [0, 0.1) is 18.2 Å². The number of aryl methyl sites for hydroxylation is 1. The van der Waals surface area contributed by atoms with Crippen molar-refractivity contribution in [3.8, 4) is 0 Å². The van der Waals surface area contributed by atoms with Gasteiger partial charge in [-0.2, -0.15) is 0 Å². The van der Waals surface area contributed by atoms with Gasteiger partial charge in [-0.15, -0.1) is 0 Å². The van der Waals surface area contributed by atoms with E-state index in [1.54, 1.807) is 13.0 Å². The quantitative estimate of drug-likeness (QED) is 0.796. The van der Waals surface area contributed by atoms with Gasteiger partial charge in [0.05, 0.1) is 0 Å². The van der Waals surface area contributed by atoms with Crippen LogP contribution in [0.4, 0.5) is 10.1 Å². The Balaban J connectivity index is 2.07. The molecule has 2 rings (SSSR count). The summed E-state index contributed by atoms with van der Waals surface area (Å²) in [6, 6.07) is 5.76. The summed E-state index contributed by atoms with van der Waals surface area (Å²) in [5.41, 5.74) is 2.01. The van der Waals surface area contributed by atoms with Gasteiger partial charge in [0.15, 0.2) is 0 Å². The monoisotopic (exact) mass is 207 g/mol. The third-order valence-electron chi connectivity index (χ3n) is 3.64. The molecule has 1 atom stereocenters. The van der Waals surface area contributed by atoms with Crippen molar-refractivity contribution >= 4 is 5.69 Å². The summed E-state index contributed by atoms with van der Waals surface area (Å²) >= 11 is 0. The minimum Gasteiger partial charge on any atom is -0.382 e. The molecular formula is C13H18FN. The number of halogens is 1. The molecule has 1 aromatic rings. The van der Waals surface area contributed by atoms with E-state index in [2.05, 4.69) is 19.2 Å². The summed E-state index contributed by atoms with van der Waals surface area (Å²) in [5, 5.41) is 3.37. The van der Waals surface area contributed by atoms with Crippen molar-refractivity contribution in [2.24, 2.45) is 5.41 Å². The van der Waals surface area contributed by atoms with E-state index in [1.807, 2.05) is 12.1 Å². The molecular weight excluding hydrogens is 189 g/mol. The van der Waals surface area contributed by atoms with E-state index in [-0.39, 0.29) is 5.82 Å². The van der Waals surface area contributed by atoms with Crippen LogP contribution in [0.25, 0.3) is 0 Å². The zero-order valence-corrected chi connectivity index (χ0v) is 9.60. The standard InChI is InChI=1S/C13H18FN/c1-9-4-5-11(8-12(9)14)15-10(2)13(3)6-7-13/h4-5,8,10,15H,6-7H2,1-3H3. The lowest BCUT2D eigenvalue weighted by Gasteiger charge is -2.21. The normalized spacial score (nSPS) is 19.7. The average Bonchev–Trinajstić information content (AvgIpc) is 2.92. The molecule has 1 fully saturated rings. The highest BCUT2D eigenvalue weighted by molar-refractivity contribution is 5.46. The van der Waals surface area contributed by atoms with Gasteiger partial charge >= 0.3 is 0 Å². The molecule has 0 saturated heterocycles. The number of nitrogens with one attached hydrogen (secondary N) is 1. The van der Waals surface area contributed by atoms with E-state index < -0.39 is 0 Å². The van der Waals surface area contributed by atoms with Crippen LogP contribution in [0.2, 0.25) is 0 Å². The first-order valence-electron chi connectivity index (χ1n) is 5.54. The third kappa shape index (κ3) is 2.14.